The van der Waals surface area contributed by atoms with Gasteiger partial charge in [-0.25, -0.2) is 0 Å². The summed E-state index contributed by atoms with van der Waals surface area (Å²) in [6.07, 6.45) is 9.15. The van der Waals surface area contributed by atoms with E-state index in [1.807, 2.05) is 36.4 Å². The van der Waals surface area contributed by atoms with Gasteiger partial charge in [0, 0.05) is 10.4 Å². The summed E-state index contributed by atoms with van der Waals surface area (Å²) in [6, 6.07) is 16.3. The third kappa shape index (κ3) is 5.26. The molecule has 0 unspecified atom stereocenters. The summed E-state index contributed by atoms with van der Waals surface area (Å²) in [5, 5.41) is 0. The van der Waals surface area contributed by atoms with Crippen molar-refractivity contribution in [3.63, 3.8) is 0 Å². The van der Waals surface area contributed by atoms with Crippen LogP contribution in [-0.4, -0.2) is 12.9 Å². The highest BCUT2D eigenvalue weighted by Gasteiger charge is 2.12. The highest BCUT2D eigenvalue weighted by Crippen LogP contribution is 2.28. The van der Waals surface area contributed by atoms with Crippen molar-refractivity contribution in [1.29, 1.82) is 0 Å². The molecule has 0 spiro atoms. The van der Waals surface area contributed by atoms with Crippen LogP contribution in [0.1, 0.15) is 56.6 Å². The fourth-order valence-corrected chi connectivity index (χ4v) is 4.99. The number of methoxy groups -OCH3 is 1. The number of allylic oxidation sites excluding steroid dienone is 1. The molecular formula is C27H28O3S. The monoisotopic (exact) mass is 432 g/mol. The van der Waals surface area contributed by atoms with Gasteiger partial charge >= 0.3 is 0 Å². The van der Waals surface area contributed by atoms with Crippen LogP contribution in [0.3, 0.4) is 0 Å². The summed E-state index contributed by atoms with van der Waals surface area (Å²) < 4.78 is 11.6. The van der Waals surface area contributed by atoms with Gasteiger partial charge in [0.2, 0.25) is 0 Å². The van der Waals surface area contributed by atoms with Gasteiger partial charge in [-0.15, -0.1) is 11.3 Å². The minimum Gasteiger partial charge on any atom is -0.496 e. The van der Waals surface area contributed by atoms with Gasteiger partial charge in [-0.3, -0.25) is 4.79 Å². The van der Waals surface area contributed by atoms with Crippen LogP contribution in [0.2, 0.25) is 0 Å². The lowest BCUT2D eigenvalue weighted by molar-refractivity contribution is 0.105. The maximum Gasteiger partial charge on any atom is 0.195 e. The molecule has 0 amide bonds. The van der Waals surface area contributed by atoms with Crippen LogP contribution in [0.25, 0.3) is 6.08 Å². The van der Waals surface area contributed by atoms with Gasteiger partial charge in [0.25, 0.3) is 0 Å². The Bertz CT molecular complexity index is 1090. The fourth-order valence-electron chi connectivity index (χ4n) is 3.96. The Labute approximate surface area is 188 Å². The van der Waals surface area contributed by atoms with Crippen molar-refractivity contribution in [1.82, 2.24) is 0 Å². The SMILES string of the molecule is CCCc1ccc(C(=O)/C=C/c2ccc(OC)c(COc3ccc4c(c3)CCC4)c2)s1. The highest BCUT2D eigenvalue weighted by atomic mass is 32.1. The van der Waals surface area contributed by atoms with E-state index in [0.29, 0.717) is 6.61 Å². The summed E-state index contributed by atoms with van der Waals surface area (Å²) in [4.78, 5) is 14.6. The molecule has 3 nitrogen and oxygen atoms in total. The second-order valence-electron chi connectivity index (χ2n) is 7.86. The number of ketones is 1. The van der Waals surface area contributed by atoms with Gasteiger partial charge in [0.1, 0.15) is 18.1 Å². The lowest BCUT2D eigenvalue weighted by Gasteiger charge is -2.12. The molecular weight excluding hydrogens is 404 g/mol. The van der Waals surface area contributed by atoms with E-state index < -0.39 is 0 Å². The number of carbonyl (C=O) groups is 1. The number of rotatable bonds is 9. The van der Waals surface area contributed by atoms with Crippen molar-refractivity contribution in [2.75, 3.05) is 7.11 Å². The zero-order valence-electron chi connectivity index (χ0n) is 18.1. The molecule has 0 aliphatic heterocycles. The van der Waals surface area contributed by atoms with Crippen LogP contribution in [0.5, 0.6) is 11.5 Å². The Kier molecular flexibility index (Phi) is 6.88. The smallest absolute Gasteiger partial charge is 0.195 e. The summed E-state index contributed by atoms with van der Waals surface area (Å²) in [5.74, 6) is 1.71. The van der Waals surface area contributed by atoms with Crippen LogP contribution < -0.4 is 9.47 Å². The standard InChI is InChI=1S/C27H28O3S/c1-3-5-24-12-15-27(31-24)25(28)13-8-19-9-14-26(29-2)22(16-19)18-30-23-11-10-20-6-4-7-21(20)17-23/h8-17H,3-7,18H2,1-2H3/b13-8+. The molecule has 0 radical (unpaired) electrons. The predicted octanol–water partition coefficient (Wildman–Crippen LogP) is 6.67. The molecule has 0 saturated carbocycles. The first-order chi connectivity index (χ1) is 15.2. The second kappa shape index (κ2) is 9.97. The number of benzene rings is 2. The molecule has 1 aromatic heterocycles. The third-order valence-corrected chi connectivity index (χ3v) is 6.76. The minimum atomic E-state index is 0.0408. The summed E-state index contributed by atoms with van der Waals surface area (Å²) >= 11 is 1.58. The molecule has 4 rings (SSSR count). The average Bonchev–Trinajstić information content (AvgIpc) is 3.45. The van der Waals surface area contributed by atoms with Gasteiger partial charge in [-0.2, -0.15) is 0 Å². The molecule has 0 bridgehead atoms. The zero-order valence-corrected chi connectivity index (χ0v) is 19.0. The van der Waals surface area contributed by atoms with Gasteiger partial charge in [-0.05, 0) is 84.8 Å². The van der Waals surface area contributed by atoms with Gasteiger partial charge in [-0.1, -0.05) is 31.6 Å². The molecule has 0 fully saturated rings. The Morgan fingerprint density at radius 2 is 1.94 bits per heavy atom. The molecule has 3 aromatic rings. The van der Waals surface area contributed by atoms with Crippen LogP contribution >= 0.6 is 11.3 Å². The summed E-state index contributed by atoms with van der Waals surface area (Å²) in [5.41, 5.74) is 4.75. The van der Waals surface area contributed by atoms with Crippen molar-refractivity contribution >= 4 is 23.2 Å². The quantitative estimate of drug-likeness (QED) is 0.280. The molecule has 1 heterocycles. The molecule has 0 saturated heterocycles. The molecule has 2 aromatic carbocycles. The van der Waals surface area contributed by atoms with Crippen molar-refractivity contribution in [3.8, 4) is 11.5 Å². The van der Waals surface area contributed by atoms with E-state index in [0.717, 1.165) is 46.8 Å². The molecule has 0 N–H and O–H groups in total. The number of carbonyl (C=O) groups excluding carboxylic acids is 1. The molecule has 0 atom stereocenters. The zero-order chi connectivity index (χ0) is 21.6. The van der Waals surface area contributed by atoms with Crippen molar-refractivity contribution in [3.05, 3.63) is 86.6 Å². The number of thiophene rings is 1. The molecule has 160 valence electrons. The fraction of sp³-hybridized carbons (Fsp3) is 0.296. The van der Waals surface area contributed by atoms with Gasteiger partial charge in [0.15, 0.2) is 5.78 Å². The van der Waals surface area contributed by atoms with E-state index in [9.17, 15) is 4.79 Å². The molecule has 1 aliphatic carbocycles. The van der Waals surface area contributed by atoms with Crippen molar-refractivity contribution < 1.29 is 14.3 Å². The molecule has 4 heteroatoms. The van der Waals surface area contributed by atoms with E-state index in [2.05, 4.69) is 25.1 Å². The lowest BCUT2D eigenvalue weighted by Crippen LogP contribution is -2.00. The number of hydrogen-bond acceptors (Lipinski definition) is 4. The van der Waals surface area contributed by atoms with Gasteiger partial charge in [0.05, 0.1) is 12.0 Å². The Hall–Kier alpha value is -2.85. The minimum absolute atomic E-state index is 0.0408. The van der Waals surface area contributed by atoms with E-state index in [-0.39, 0.29) is 5.78 Å². The molecule has 31 heavy (non-hydrogen) atoms. The van der Waals surface area contributed by atoms with Crippen molar-refractivity contribution in [2.45, 2.75) is 45.6 Å². The Morgan fingerprint density at radius 3 is 2.77 bits per heavy atom. The third-order valence-electron chi connectivity index (χ3n) is 5.60. The van der Waals surface area contributed by atoms with E-state index in [1.54, 1.807) is 24.5 Å². The Morgan fingerprint density at radius 1 is 1.06 bits per heavy atom. The van der Waals surface area contributed by atoms with Crippen LogP contribution in [0.15, 0.2) is 54.6 Å². The largest absolute Gasteiger partial charge is 0.496 e. The number of aryl methyl sites for hydroxylation is 3. The Balaban J connectivity index is 1.45. The number of ether oxygens (including phenoxy) is 2. The van der Waals surface area contributed by atoms with Crippen molar-refractivity contribution in [2.24, 2.45) is 0 Å². The van der Waals surface area contributed by atoms with Crippen LogP contribution in [0.4, 0.5) is 0 Å². The summed E-state index contributed by atoms with van der Waals surface area (Å²) in [7, 11) is 1.66. The average molecular weight is 433 g/mol. The maximum atomic E-state index is 12.5. The lowest BCUT2D eigenvalue weighted by atomic mass is 10.1. The van der Waals surface area contributed by atoms with E-state index in [1.165, 1.54) is 28.8 Å². The first-order valence-electron chi connectivity index (χ1n) is 10.9. The number of fused-ring (bicyclic) bond motifs is 1. The van der Waals surface area contributed by atoms with Crippen LogP contribution in [-0.2, 0) is 25.9 Å². The van der Waals surface area contributed by atoms with E-state index in [4.69, 9.17) is 9.47 Å². The number of hydrogen-bond donors (Lipinski definition) is 0. The predicted molar refractivity (Wildman–Crippen MR) is 127 cm³/mol. The normalized spacial score (nSPS) is 12.8. The first kappa shape index (κ1) is 21.4. The highest BCUT2D eigenvalue weighted by molar-refractivity contribution is 7.14. The van der Waals surface area contributed by atoms with E-state index >= 15 is 0 Å². The first-order valence-corrected chi connectivity index (χ1v) is 11.7. The second-order valence-corrected chi connectivity index (χ2v) is 9.03. The molecule has 1 aliphatic rings. The summed E-state index contributed by atoms with van der Waals surface area (Å²) in [6.45, 7) is 2.57. The van der Waals surface area contributed by atoms with Gasteiger partial charge < -0.3 is 9.47 Å². The van der Waals surface area contributed by atoms with Crippen LogP contribution in [0, 0.1) is 0 Å². The maximum absolute atomic E-state index is 12.5. The topological polar surface area (TPSA) is 35.5 Å².